The molecule has 1 saturated heterocycles. The third-order valence-electron chi connectivity index (χ3n) is 8.89. The molecule has 0 aliphatic carbocycles. The summed E-state index contributed by atoms with van der Waals surface area (Å²) in [5.41, 5.74) is 6.48. The third-order valence-corrected chi connectivity index (χ3v) is 9.85. The molecule has 6 rings (SSSR count). The van der Waals surface area contributed by atoms with E-state index in [0.717, 1.165) is 64.1 Å². The van der Waals surface area contributed by atoms with Crippen LogP contribution in [0.15, 0.2) is 119 Å². The molecule has 1 fully saturated rings. The molecule has 9 nitrogen and oxygen atoms in total. The van der Waals surface area contributed by atoms with Gasteiger partial charge in [-0.15, -0.1) is 0 Å². The van der Waals surface area contributed by atoms with E-state index in [9.17, 15) is 14.7 Å². The van der Waals surface area contributed by atoms with Crippen LogP contribution in [0.1, 0.15) is 73.7 Å². The van der Waals surface area contributed by atoms with E-state index in [-0.39, 0.29) is 30.6 Å². The molecule has 2 heterocycles. The number of hydrogen-bond donors (Lipinski definition) is 3. The van der Waals surface area contributed by atoms with E-state index in [0.29, 0.717) is 36.9 Å². The highest BCUT2D eigenvalue weighted by molar-refractivity contribution is 7.99. The standard InChI is InChI=1S/C42H45N3O6S/c1-29(47)43-24-10-4-9-15-38(48)44-26-30-16-22-35(23-17-30)41-49-36(25-37(50-41)32-20-18-31(27-46)19-21-32)28-52-42-45-39(33-11-5-2-6-12-33)40(51-42)34-13-7-3-8-14-34/h2-3,5-8,11-14,16-23,36-37,41,46H,4,9-10,15,24-28H2,1H3,(H,43,47)(H,44,48)/t36-,37+,41+/m0/s1. The topological polar surface area (TPSA) is 123 Å². The lowest BCUT2D eigenvalue weighted by molar-refractivity contribution is -0.245. The normalized spacial score (nSPS) is 17.1. The second-order valence-corrected chi connectivity index (χ2v) is 13.8. The minimum atomic E-state index is -0.604. The predicted octanol–water partition coefficient (Wildman–Crippen LogP) is 8.15. The number of aromatic nitrogens is 1. The number of nitrogens with zero attached hydrogens (tertiary/aromatic N) is 1. The lowest BCUT2D eigenvalue weighted by Crippen LogP contribution is -2.31. The van der Waals surface area contributed by atoms with Gasteiger partial charge in [-0.25, -0.2) is 4.98 Å². The van der Waals surface area contributed by atoms with Crippen LogP contribution in [0.2, 0.25) is 0 Å². The van der Waals surface area contributed by atoms with E-state index in [1.54, 1.807) is 0 Å². The maximum absolute atomic E-state index is 12.4. The summed E-state index contributed by atoms with van der Waals surface area (Å²) in [4.78, 5) is 28.3. The number of hydrogen-bond acceptors (Lipinski definition) is 8. The minimum Gasteiger partial charge on any atom is -0.431 e. The zero-order valence-electron chi connectivity index (χ0n) is 29.3. The summed E-state index contributed by atoms with van der Waals surface area (Å²) in [6, 6.07) is 35.9. The molecular weight excluding hydrogens is 675 g/mol. The van der Waals surface area contributed by atoms with Crippen LogP contribution in [0.25, 0.3) is 22.6 Å². The summed E-state index contributed by atoms with van der Waals surface area (Å²) in [6.07, 6.45) is 2.62. The molecule has 0 saturated carbocycles. The van der Waals surface area contributed by atoms with E-state index in [2.05, 4.69) is 10.6 Å². The van der Waals surface area contributed by atoms with Crippen LogP contribution in [0.3, 0.4) is 0 Å². The second-order valence-electron chi connectivity index (χ2n) is 12.9. The third kappa shape index (κ3) is 10.4. The first-order valence-corrected chi connectivity index (χ1v) is 18.8. The summed E-state index contributed by atoms with van der Waals surface area (Å²) in [5, 5.41) is 15.9. The summed E-state index contributed by atoms with van der Waals surface area (Å²) in [6.45, 7) is 2.56. The lowest BCUT2D eigenvalue weighted by atomic mass is 10.0. The molecule has 1 aromatic heterocycles. The first kappa shape index (κ1) is 37.0. The number of carbonyl (C=O) groups excluding carboxylic acids is 2. The average molecular weight is 720 g/mol. The number of benzene rings is 4. The van der Waals surface area contributed by atoms with Gasteiger partial charge in [0.1, 0.15) is 5.69 Å². The number of aliphatic hydroxyl groups is 1. The number of amides is 2. The molecule has 1 aliphatic heterocycles. The Morgan fingerprint density at radius 2 is 1.46 bits per heavy atom. The fourth-order valence-corrected chi connectivity index (χ4v) is 6.90. The molecule has 4 aromatic carbocycles. The molecule has 0 bridgehead atoms. The smallest absolute Gasteiger partial charge is 0.256 e. The number of aliphatic hydroxyl groups excluding tert-OH is 1. The molecule has 0 unspecified atom stereocenters. The molecule has 10 heteroatoms. The van der Waals surface area contributed by atoms with Crippen molar-refractivity contribution < 1.29 is 28.6 Å². The fraction of sp³-hybridized carbons (Fsp3) is 0.310. The molecular formula is C42H45N3O6S. The Morgan fingerprint density at radius 3 is 2.15 bits per heavy atom. The number of rotatable bonds is 16. The Labute approximate surface area is 309 Å². The number of nitrogens with one attached hydrogen (secondary N) is 2. The van der Waals surface area contributed by atoms with Gasteiger partial charge in [0, 0.05) is 55.3 Å². The van der Waals surface area contributed by atoms with Crippen molar-refractivity contribution in [3.63, 3.8) is 0 Å². The Bertz CT molecular complexity index is 1810. The number of thioether (sulfide) groups is 1. The van der Waals surface area contributed by atoms with E-state index < -0.39 is 6.29 Å². The first-order valence-electron chi connectivity index (χ1n) is 17.8. The van der Waals surface area contributed by atoms with Crippen LogP contribution < -0.4 is 10.6 Å². The van der Waals surface area contributed by atoms with Gasteiger partial charge in [-0.3, -0.25) is 9.59 Å². The SMILES string of the molecule is CC(=O)NCCCCCC(=O)NCc1ccc([C@@H]2O[C@H](CSc3nc(-c4ccccc4)c(-c4ccccc4)o3)C[C@H](c3ccc(CO)cc3)O2)cc1. The molecule has 270 valence electrons. The van der Waals surface area contributed by atoms with E-state index in [4.69, 9.17) is 18.9 Å². The van der Waals surface area contributed by atoms with Gasteiger partial charge in [-0.1, -0.05) is 127 Å². The maximum atomic E-state index is 12.4. The zero-order valence-corrected chi connectivity index (χ0v) is 30.1. The molecule has 1 aliphatic rings. The Balaban J connectivity index is 1.11. The summed E-state index contributed by atoms with van der Waals surface area (Å²) >= 11 is 1.53. The molecule has 2 amide bonds. The van der Waals surface area contributed by atoms with Gasteiger partial charge in [0.05, 0.1) is 18.8 Å². The molecule has 3 N–H and O–H groups in total. The van der Waals surface area contributed by atoms with Crippen molar-refractivity contribution in [1.29, 1.82) is 0 Å². The van der Waals surface area contributed by atoms with Gasteiger partial charge in [-0.05, 0) is 29.5 Å². The Morgan fingerprint density at radius 1 is 0.788 bits per heavy atom. The highest BCUT2D eigenvalue weighted by Gasteiger charge is 2.33. The first-order chi connectivity index (χ1) is 25.4. The molecule has 0 spiro atoms. The van der Waals surface area contributed by atoms with Crippen molar-refractivity contribution >= 4 is 23.6 Å². The number of unbranched alkanes of at least 4 members (excludes halogenated alkanes) is 2. The van der Waals surface area contributed by atoms with E-state index in [1.165, 1.54) is 18.7 Å². The lowest BCUT2D eigenvalue weighted by Gasteiger charge is -2.36. The molecule has 3 atom stereocenters. The number of oxazole rings is 1. The van der Waals surface area contributed by atoms with Crippen LogP contribution in [0.5, 0.6) is 0 Å². The van der Waals surface area contributed by atoms with E-state index >= 15 is 0 Å². The van der Waals surface area contributed by atoms with Crippen LogP contribution in [-0.2, 0) is 32.2 Å². The van der Waals surface area contributed by atoms with Crippen LogP contribution in [0, 0.1) is 0 Å². The van der Waals surface area contributed by atoms with Crippen molar-refractivity contribution in [3.8, 4) is 22.6 Å². The number of carbonyl (C=O) groups is 2. The zero-order chi connectivity index (χ0) is 36.1. The van der Waals surface area contributed by atoms with Gasteiger partial charge in [0.25, 0.3) is 5.22 Å². The highest BCUT2D eigenvalue weighted by Crippen LogP contribution is 2.41. The monoisotopic (exact) mass is 719 g/mol. The average Bonchev–Trinajstić information content (AvgIpc) is 3.63. The highest BCUT2D eigenvalue weighted by atomic mass is 32.2. The van der Waals surface area contributed by atoms with E-state index in [1.807, 2.05) is 109 Å². The van der Waals surface area contributed by atoms with Gasteiger partial charge >= 0.3 is 0 Å². The summed E-state index contributed by atoms with van der Waals surface area (Å²) < 4.78 is 19.5. The second kappa shape index (κ2) is 18.7. The van der Waals surface area contributed by atoms with Crippen LogP contribution in [0.4, 0.5) is 0 Å². The predicted molar refractivity (Wildman–Crippen MR) is 202 cm³/mol. The Hall–Kier alpha value is -4.74. The van der Waals surface area contributed by atoms with Crippen LogP contribution >= 0.6 is 11.8 Å². The van der Waals surface area contributed by atoms with Gasteiger partial charge < -0.3 is 29.6 Å². The number of ether oxygens (including phenoxy) is 2. The van der Waals surface area contributed by atoms with Crippen molar-refractivity contribution in [1.82, 2.24) is 15.6 Å². The van der Waals surface area contributed by atoms with Gasteiger partial charge in [0.15, 0.2) is 12.1 Å². The van der Waals surface area contributed by atoms with Crippen LogP contribution in [-0.4, -0.2) is 40.3 Å². The fourth-order valence-electron chi connectivity index (χ4n) is 6.06. The van der Waals surface area contributed by atoms with Crippen molar-refractivity contribution in [3.05, 3.63) is 131 Å². The molecule has 52 heavy (non-hydrogen) atoms. The maximum Gasteiger partial charge on any atom is 0.256 e. The molecule has 5 aromatic rings. The van der Waals surface area contributed by atoms with Crippen molar-refractivity contribution in [2.75, 3.05) is 12.3 Å². The van der Waals surface area contributed by atoms with Gasteiger partial charge in [0.2, 0.25) is 11.8 Å². The quantitative estimate of drug-likeness (QED) is 0.0690. The minimum absolute atomic E-state index is 0.00998. The Kier molecular flexibility index (Phi) is 13.3. The van der Waals surface area contributed by atoms with Crippen molar-refractivity contribution in [2.45, 2.75) is 75.9 Å². The largest absolute Gasteiger partial charge is 0.431 e. The van der Waals surface area contributed by atoms with Crippen molar-refractivity contribution in [2.24, 2.45) is 0 Å². The molecule has 0 radical (unpaired) electrons. The van der Waals surface area contributed by atoms with Gasteiger partial charge in [-0.2, -0.15) is 0 Å². The summed E-state index contributed by atoms with van der Waals surface area (Å²) in [7, 11) is 0. The summed E-state index contributed by atoms with van der Waals surface area (Å²) in [5.74, 6) is 1.31.